The summed E-state index contributed by atoms with van der Waals surface area (Å²) in [5.41, 5.74) is 3.99. The molecule has 0 atom stereocenters. The second-order valence-electron chi connectivity index (χ2n) is 7.38. The Labute approximate surface area is 176 Å². The highest BCUT2D eigenvalue weighted by molar-refractivity contribution is 6.49. The predicted molar refractivity (Wildman–Crippen MR) is 118 cm³/mol. The SMILES string of the molecule is CCc1ccc(C(=O)C2=C(c3ccc(CC)cc3)C(=O)c3ccccc3C2=O)cc1. The van der Waals surface area contributed by atoms with Gasteiger partial charge in [0.1, 0.15) is 0 Å². The summed E-state index contributed by atoms with van der Waals surface area (Å²) in [6.45, 7) is 4.09. The maximum Gasteiger partial charge on any atom is 0.198 e. The number of Topliss-reactive ketones (excluding diaryl/α,β-unsaturated/α-hetero) is 3. The number of aryl methyl sites for hydroxylation is 2. The number of carbonyl (C=O) groups excluding carboxylic acids is 3. The highest BCUT2D eigenvalue weighted by Gasteiger charge is 2.36. The first-order chi connectivity index (χ1) is 14.5. The van der Waals surface area contributed by atoms with E-state index in [0.717, 1.165) is 24.0 Å². The molecule has 0 saturated carbocycles. The Balaban J connectivity index is 1.92. The second-order valence-corrected chi connectivity index (χ2v) is 7.38. The molecule has 0 radical (unpaired) electrons. The lowest BCUT2D eigenvalue weighted by atomic mass is 9.78. The monoisotopic (exact) mass is 394 g/mol. The molecule has 1 aliphatic carbocycles. The number of ketones is 3. The third-order valence-corrected chi connectivity index (χ3v) is 5.62. The van der Waals surface area contributed by atoms with Crippen LogP contribution in [0.5, 0.6) is 0 Å². The van der Waals surface area contributed by atoms with Crippen molar-refractivity contribution in [1.82, 2.24) is 0 Å². The van der Waals surface area contributed by atoms with Crippen LogP contribution in [0, 0.1) is 0 Å². The van der Waals surface area contributed by atoms with E-state index in [4.69, 9.17) is 0 Å². The third kappa shape index (κ3) is 3.33. The molecule has 0 aliphatic heterocycles. The molecule has 0 amide bonds. The minimum absolute atomic E-state index is 0.0489. The smallest absolute Gasteiger partial charge is 0.198 e. The minimum atomic E-state index is -0.417. The summed E-state index contributed by atoms with van der Waals surface area (Å²) in [6.07, 6.45) is 1.72. The summed E-state index contributed by atoms with van der Waals surface area (Å²) < 4.78 is 0. The van der Waals surface area contributed by atoms with Crippen molar-refractivity contribution >= 4 is 22.9 Å². The maximum absolute atomic E-state index is 13.4. The number of fused-ring (bicyclic) bond motifs is 1. The normalized spacial score (nSPS) is 13.4. The van der Waals surface area contributed by atoms with Gasteiger partial charge in [-0.15, -0.1) is 0 Å². The lowest BCUT2D eigenvalue weighted by Gasteiger charge is -2.21. The quantitative estimate of drug-likeness (QED) is 0.422. The van der Waals surface area contributed by atoms with Gasteiger partial charge >= 0.3 is 0 Å². The molecule has 0 aromatic heterocycles. The topological polar surface area (TPSA) is 51.2 Å². The van der Waals surface area contributed by atoms with Gasteiger partial charge in [-0.2, -0.15) is 0 Å². The van der Waals surface area contributed by atoms with Gasteiger partial charge in [-0.25, -0.2) is 0 Å². The average Bonchev–Trinajstić information content (AvgIpc) is 2.81. The molecule has 0 bridgehead atoms. The standard InChI is InChI=1S/C27H22O3/c1-3-17-9-13-19(14-10-17)23-24(25(28)20-15-11-18(4-2)12-16-20)27(30)22-8-6-5-7-21(22)26(23)29/h5-16H,3-4H2,1-2H3. The Bertz CT molecular complexity index is 1180. The molecule has 3 aromatic carbocycles. The summed E-state index contributed by atoms with van der Waals surface area (Å²) >= 11 is 0. The Kier molecular flexibility index (Phi) is 5.28. The van der Waals surface area contributed by atoms with Gasteiger partial charge in [0.25, 0.3) is 0 Å². The number of rotatable bonds is 5. The molecule has 1 aliphatic rings. The van der Waals surface area contributed by atoms with Crippen LogP contribution in [0.25, 0.3) is 5.57 Å². The molecule has 3 aromatic rings. The van der Waals surface area contributed by atoms with E-state index in [2.05, 4.69) is 6.92 Å². The zero-order valence-electron chi connectivity index (χ0n) is 17.1. The fourth-order valence-electron chi connectivity index (χ4n) is 3.81. The highest BCUT2D eigenvalue weighted by Crippen LogP contribution is 2.34. The fourth-order valence-corrected chi connectivity index (χ4v) is 3.81. The van der Waals surface area contributed by atoms with Crippen LogP contribution < -0.4 is 0 Å². The zero-order chi connectivity index (χ0) is 21.3. The Morgan fingerprint density at radius 3 is 1.70 bits per heavy atom. The molecule has 3 nitrogen and oxygen atoms in total. The number of hydrogen-bond acceptors (Lipinski definition) is 3. The molecule has 30 heavy (non-hydrogen) atoms. The lowest BCUT2D eigenvalue weighted by Crippen LogP contribution is -2.26. The van der Waals surface area contributed by atoms with E-state index in [1.54, 1.807) is 36.4 Å². The molecular formula is C27H22O3. The third-order valence-electron chi connectivity index (χ3n) is 5.62. The van der Waals surface area contributed by atoms with Gasteiger partial charge in [-0.05, 0) is 29.5 Å². The van der Waals surface area contributed by atoms with Gasteiger partial charge in [0, 0.05) is 22.3 Å². The molecule has 0 unspecified atom stereocenters. The fraction of sp³-hybridized carbons (Fsp3) is 0.148. The van der Waals surface area contributed by atoms with Gasteiger partial charge < -0.3 is 0 Å². The van der Waals surface area contributed by atoms with E-state index in [9.17, 15) is 14.4 Å². The lowest BCUT2D eigenvalue weighted by molar-refractivity contribution is 0.0940. The number of allylic oxidation sites excluding steroid dienone is 2. The molecule has 0 spiro atoms. The van der Waals surface area contributed by atoms with Crippen molar-refractivity contribution in [2.75, 3.05) is 0 Å². The van der Waals surface area contributed by atoms with Crippen molar-refractivity contribution in [2.45, 2.75) is 26.7 Å². The molecule has 0 saturated heterocycles. The van der Waals surface area contributed by atoms with E-state index < -0.39 is 11.6 Å². The van der Waals surface area contributed by atoms with E-state index in [0.29, 0.717) is 16.7 Å². The van der Waals surface area contributed by atoms with Crippen LogP contribution in [0.1, 0.15) is 61.6 Å². The first-order valence-electron chi connectivity index (χ1n) is 10.2. The molecule has 4 rings (SSSR count). The van der Waals surface area contributed by atoms with Crippen LogP contribution in [0.15, 0.2) is 78.4 Å². The number of hydrogen-bond donors (Lipinski definition) is 0. The predicted octanol–water partition coefficient (Wildman–Crippen LogP) is 5.53. The van der Waals surface area contributed by atoms with Crippen LogP contribution in [-0.4, -0.2) is 17.3 Å². The van der Waals surface area contributed by atoms with Crippen LogP contribution in [-0.2, 0) is 12.8 Å². The Morgan fingerprint density at radius 1 is 0.667 bits per heavy atom. The van der Waals surface area contributed by atoms with Crippen molar-refractivity contribution in [2.24, 2.45) is 0 Å². The van der Waals surface area contributed by atoms with Gasteiger partial charge in [0.15, 0.2) is 17.3 Å². The van der Waals surface area contributed by atoms with E-state index in [-0.39, 0.29) is 22.5 Å². The van der Waals surface area contributed by atoms with Crippen LogP contribution in [0.2, 0.25) is 0 Å². The first kappa shape index (κ1) is 19.7. The van der Waals surface area contributed by atoms with Crippen molar-refractivity contribution in [3.8, 4) is 0 Å². The highest BCUT2D eigenvalue weighted by atomic mass is 16.2. The Hall–Kier alpha value is -3.59. The molecule has 0 fully saturated rings. The summed E-state index contributed by atoms with van der Waals surface area (Å²) in [4.78, 5) is 40.2. The molecule has 0 N–H and O–H groups in total. The van der Waals surface area contributed by atoms with Crippen molar-refractivity contribution in [3.63, 3.8) is 0 Å². The summed E-state index contributed by atoms with van der Waals surface area (Å²) in [5, 5.41) is 0. The van der Waals surface area contributed by atoms with Gasteiger partial charge in [-0.1, -0.05) is 86.6 Å². The molecular weight excluding hydrogens is 372 g/mol. The van der Waals surface area contributed by atoms with Gasteiger partial charge in [0.05, 0.1) is 5.57 Å². The van der Waals surface area contributed by atoms with Crippen LogP contribution in [0.3, 0.4) is 0 Å². The summed E-state index contributed by atoms with van der Waals surface area (Å²) in [5.74, 6) is -1.10. The Morgan fingerprint density at radius 2 is 1.17 bits per heavy atom. The van der Waals surface area contributed by atoms with Crippen molar-refractivity contribution < 1.29 is 14.4 Å². The molecule has 148 valence electrons. The first-order valence-corrected chi connectivity index (χ1v) is 10.2. The van der Waals surface area contributed by atoms with Crippen LogP contribution >= 0.6 is 0 Å². The average molecular weight is 394 g/mol. The number of carbonyl (C=O) groups is 3. The van der Waals surface area contributed by atoms with Crippen molar-refractivity contribution in [3.05, 3.63) is 112 Å². The summed E-state index contributed by atoms with van der Waals surface area (Å²) in [7, 11) is 0. The van der Waals surface area contributed by atoms with E-state index in [1.807, 2.05) is 43.3 Å². The van der Waals surface area contributed by atoms with Gasteiger partial charge in [0.2, 0.25) is 0 Å². The second kappa shape index (κ2) is 8.03. The number of benzene rings is 3. The largest absolute Gasteiger partial charge is 0.289 e. The van der Waals surface area contributed by atoms with Crippen molar-refractivity contribution in [1.29, 1.82) is 0 Å². The zero-order valence-corrected chi connectivity index (χ0v) is 17.1. The van der Waals surface area contributed by atoms with Crippen LogP contribution in [0.4, 0.5) is 0 Å². The van der Waals surface area contributed by atoms with Gasteiger partial charge in [-0.3, -0.25) is 14.4 Å². The maximum atomic E-state index is 13.4. The molecule has 3 heteroatoms. The van der Waals surface area contributed by atoms with E-state index in [1.165, 1.54) is 0 Å². The molecule has 0 heterocycles. The van der Waals surface area contributed by atoms with E-state index >= 15 is 0 Å². The summed E-state index contributed by atoms with van der Waals surface area (Å²) in [6, 6.07) is 21.4. The minimum Gasteiger partial charge on any atom is -0.289 e.